The van der Waals surface area contributed by atoms with Gasteiger partial charge >= 0.3 is 0 Å². The highest BCUT2D eigenvalue weighted by molar-refractivity contribution is 9.10. The zero-order chi connectivity index (χ0) is 19.1. The molecule has 7 heteroatoms. The molecule has 0 amide bonds. The van der Waals surface area contributed by atoms with Crippen LogP contribution >= 0.6 is 15.9 Å². The average molecular weight is 445 g/mol. The number of halogens is 1. The molecule has 1 N–H and O–H groups in total. The minimum absolute atomic E-state index is 0.240. The maximum Gasteiger partial charge on any atom is 0.204 e. The second-order valence-electron chi connectivity index (χ2n) is 8.39. The van der Waals surface area contributed by atoms with E-state index in [1.165, 1.54) is 45.2 Å². The number of nitrogens with zero attached hydrogens (tertiary/aromatic N) is 3. The van der Waals surface area contributed by atoms with Crippen LogP contribution in [0.3, 0.4) is 0 Å². The number of hydrogen-bond acceptors (Lipinski definition) is 6. The fourth-order valence-corrected chi connectivity index (χ4v) is 5.52. The largest absolute Gasteiger partial charge is 0.444 e. The summed E-state index contributed by atoms with van der Waals surface area (Å²) in [5.41, 5.74) is 0.876. The number of piperidine rings is 1. The molecule has 1 spiro atoms. The van der Waals surface area contributed by atoms with E-state index in [-0.39, 0.29) is 5.60 Å². The fourth-order valence-electron chi connectivity index (χ4n) is 5.00. The van der Waals surface area contributed by atoms with Crippen LogP contribution in [-0.2, 0) is 4.74 Å². The summed E-state index contributed by atoms with van der Waals surface area (Å²) in [6.45, 7) is 3.34. The highest BCUT2D eigenvalue weighted by Crippen LogP contribution is 2.39. The Morgan fingerprint density at radius 3 is 2.61 bits per heavy atom. The summed E-state index contributed by atoms with van der Waals surface area (Å²) in [4.78, 5) is 7.20. The Morgan fingerprint density at radius 2 is 1.96 bits per heavy atom. The van der Waals surface area contributed by atoms with E-state index in [2.05, 4.69) is 31.1 Å². The molecular weight excluding hydrogens is 420 g/mol. The summed E-state index contributed by atoms with van der Waals surface area (Å²) in [5.74, 6) is 1.15. The third-order valence-corrected chi connectivity index (χ3v) is 7.66. The normalized spacial score (nSPS) is 27.4. The topological polar surface area (TPSA) is 74.3 Å². The van der Waals surface area contributed by atoms with E-state index in [4.69, 9.17) is 14.4 Å². The molecule has 0 bridgehead atoms. The molecule has 4 heterocycles. The van der Waals surface area contributed by atoms with Gasteiger partial charge in [-0.2, -0.15) is 5.26 Å². The molecule has 0 unspecified atom stereocenters. The Kier molecular flexibility index (Phi) is 4.82. The first kappa shape index (κ1) is 18.4. The summed E-state index contributed by atoms with van der Waals surface area (Å²) < 4.78 is 12.2. The number of pyridine rings is 1. The molecule has 5 rings (SSSR count). The lowest BCUT2D eigenvalue weighted by molar-refractivity contribution is -0.175. The Hall–Kier alpha value is -1.62. The van der Waals surface area contributed by atoms with Crippen LogP contribution in [0.15, 0.2) is 21.2 Å². The van der Waals surface area contributed by atoms with Gasteiger partial charge in [0, 0.05) is 36.6 Å². The molecule has 6 nitrogen and oxygen atoms in total. The van der Waals surface area contributed by atoms with Crippen molar-refractivity contribution in [1.29, 1.82) is 5.26 Å². The zero-order valence-electron chi connectivity index (χ0n) is 15.9. The molecule has 28 heavy (non-hydrogen) atoms. The van der Waals surface area contributed by atoms with Crippen LogP contribution in [0.1, 0.15) is 50.7 Å². The molecule has 1 aliphatic carbocycles. The molecule has 0 aromatic carbocycles. The molecule has 2 aliphatic heterocycles. The van der Waals surface area contributed by atoms with E-state index < -0.39 is 0 Å². The minimum Gasteiger partial charge on any atom is -0.444 e. The summed E-state index contributed by atoms with van der Waals surface area (Å²) in [6.07, 6.45) is 10.1. The van der Waals surface area contributed by atoms with Crippen molar-refractivity contribution in [3.63, 3.8) is 0 Å². The van der Waals surface area contributed by atoms with Gasteiger partial charge in [-0.3, -0.25) is 0 Å². The summed E-state index contributed by atoms with van der Waals surface area (Å²) in [6, 6.07) is 4.95. The van der Waals surface area contributed by atoms with Crippen LogP contribution in [0.25, 0.3) is 11.0 Å². The number of likely N-dealkylation sites (tertiary alicyclic amines) is 1. The summed E-state index contributed by atoms with van der Waals surface area (Å²) in [7, 11) is 0. The first-order valence-corrected chi connectivity index (χ1v) is 11.1. The smallest absolute Gasteiger partial charge is 0.204 e. The van der Waals surface area contributed by atoms with Gasteiger partial charge in [0.15, 0.2) is 5.58 Å². The van der Waals surface area contributed by atoms with Crippen molar-refractivity contribution in [2.45, 2.75) is 62.6 Å². The molecule has 0 radical (unpaired) electrons. The molecule has 2 aromatic heterocycles. The first-order valence-electron chi connectivity index (χ1n) is 10.3. The van der Waals surface area contributed by atoms with Gasteiger partial charge in [0.25, 0.3) is 0 Å². The van der Waals surface area contributed by atoms with Crippen molar-refractivity contribution in [1.82, 2.24) is 9.88 Å². The quantitative estimate of drug-likeness (QED) is 0.753. The van der Waals surface area contributed by atoms with Crippen molar-refractivity contribution in [2.24, 2.45) is 0 Å². The molecule has 2 saturated heterocycles. The number of furan rings is 1. The summed E-state index contributed by atoms with van der Waals surface area (Å²) >= 11 is 3.63. The molecule has 148 valence electrons. The number of aromatic nitrogens is 1. The van der Waals surface area contributed by atoms with Gasteiger partial charge in [0.05, 0.1) is 22.9 Å². The number of nitrogens with one attached hydrogen (secondary N) is 1. The van der Waals surface area contributed by atoms with E-state index in [9.17, 15) is 0 Å². The SMILES string of the molecule is N#Cc1cc2c(Br)c(NC3CCC(N4CCC5(CCO5)CC4)CC3)ncc2o1. The molecule has 1 saturated carbocycles. The van der Waals surface area contributed by atoms with Crippen molar-refractivity contribution in [2.75, 3.05) is 25.0 Å². The Bertz CT molecular complexity index is 899. The second-order valence-corrected chi connectivity index (χ2v) is 9.18. The van der Waals surface area contributed by atoms with Crippen molar-refractivity contribution in [3.8, 4) is 6.07 Å². The number of anilines is 1. The third-order valence-electron chi connectivity index (χ3n) is 6.86. The standard InChI is InChI=1S/C21H25BrN4O2/c22-19-17-11-16(12-23)28-18(17)13-24-20(19)25-14-1-3-15(4-2-14)26-8-5-21(6-9-26)7-10-27-21/h11,13-15H,1-10H2,(H,24,25). The van der Waals surface area contributed by atoms with Gasteiger partial charge in [-0.05, 0) is 60.9 Å². The van der Waals surface area contributed by atoms with Crippen LogP contribution in [0.2, 0.25) is 0 Å². The maximum atomic E-state index is 9.03. The highest BCUT2D eigenvalue weighted by Gasteiger charge is 2.42. The lowest BCUT2D eigenvalue weighted by Gasteiger charge is -2.50. The predicted octanol–water partition coefficient (Wildman–Crippen LogP) is 4.44. The lowest BCUT2D eigenvalue weighted by Crippen LogP contribution is -2.54. The highest BCUT2D eigenvalue weighted by atomic mass is 79.9. The minimum atomic E-state index is 0.240. The Morgan fingerprint density at radius 1 is 1.21 bits per heavy atom. The number of nitriles is 1. The van der Waals surface area contributed by atoms with E-state index in [0.717, 1.165) is 35.1 Å². The van der Waals surface area contributed by atoms with Crippen molar-refractivity contribution in [3.05, 3.63) is 22.5 Å². The molecule has 2 aromatic rings. The van der Waals surface area contributed by atoms with Gasteiger partial charge in [-0.25, -0.2) is 4.98 Å². The molecule has 3 aliphatic rings. The van der Waals surface area contributed by atoms with Gasteiger partial charge in [0.1, 0.15) is 11.9 Å². The molecular formula is C21H25BrN4O2. The van der Waals surface area contributed by atoms with Crippen molar-refractivity contribution >= 4 is 32.7 Å². The number of hydrogen-bond donors (Lipinski definition) is 1. The van der Waals surface area contributed by atoms with Gasteiger partial charge in [-0.1, -0.05) is 0 Å². The second kappa shape index (κ2) is 7.33. The van der Waals surface area contributed by atoms with Crippen LogP contribution in [0.5, 0.6) is 0 Å². The Labute approximate surface area is 173 Å². The zero-order valence-corrected chi connectivity index (χ0v) is 17.5. The Balaban J connectivity index is 1.18. The average Bonchev–Trinajstić information content (AvgIpc) is 3.14. The van der Waals surface area contributed by atoms with E-state index >= 15 is 0 Å². The third kappa shape index (κ3) is 3.32. The van der Waals surface area contributed by atoms with Gasteiger partial charge < -0.3 is 19.4 Å². The van der Waals surface area contributed by atoms with Crippen LogP contribution in [0, 0.1) is 11.3 Å². The van der Waals surface area contributed by atoms with Crippen molar-refractivity contribution < 1.29 is 9.15 Å². The molecule has 0 atom stereocenters. The van der Waals surface area contributed by atoms with E-state index in [1.807, 2.05) is 6.07 Å². The van der Waals surface area contributed by atoms with E-state index in [1.54, 1.807) is 12.3 Å². The van der Waals surface area contributed by atoms with Gasteiger partial charge in [0.2, 0.25) is 5.76 Å². The molecule has 3 fully saturated rings. The maximum absolute atomic E-state index is 9.03. The number of rotatable bonds is 3. The van der Waals surface area contributed by atoms with Crippen LogP contribution in [-0.4, -0.2) is 47.3 Å². The summed E-state index contributed by atoms with van der Waals surface area (Å²) in [5, 5.41) is 13.5. The lowest BCUT2D eigenvalue weighted by atomic mass is 9.82. The van der Waals surface area contributed by atoms with Crippen LogP contribution < -0.4 is 5.32 Å². The van der Waals surface area contributed by atoms with E-state index in [0.29, 0.717) is 23.4 Å². The van der Waals surface area contributed by atoms with Gasteiger partial charge in [-0.15, -0.1) is 0 Å². The first-order chi connectivity index (χ1) is 13.7. The number of ether oxygens (including phenoxy) is 1. The fraction of sp³-hybridized carbons (Fsp3) is 0.619. The predicted molar refractivity (Wildman–Crippen MR) is 110 cm³/mol. The number of fused-ring (bicyclic) bond motifs is 1. The van der Waals surface area contributed by atoms with Crippen LogP contribution in [0.4, 0.5) is 5.82 Å². The monoisotopic (exact) mass is 444 g/mol.